The number of hydrogen-bond acceptors (Lipinski definition) is 3. The fraction of sp³-hybridized carbons (Fsp3) is 0.200. The maximum absolute atomic E-state index is 12.0. The molecule has 2 aromatic rings. The van der Waals surface area contributed by atoms with Crippen LogP contribution in [0.15, 0.2) is 30.7 Å². The first-order valence-electron chi connectivity index (χ1n) is 6.10. The van der Waals surface area contributed by atoms with Gasteiger partial charge in [-0.1, -0.05) is 17.9 Å². The van der Waals surface area contributed by atoms with Crippen molar-refractivity contribution in [3.63, 3.8) is 0 Å². The summed E-state index contributed by atoms with van der Waals surface area (Å²) < 4.78 is 1.71. The number of carbonyl (C=O) groups excluding carboxylic acids is 1. The molecule has 0 aliphatic rings. The van der Waals surface area contributed by atoms with Gasteiger partial charge in [0.05, 0.1) is 6.33 Å². The number of amides is 1. The van der Waals surface area contributed by atoms with Crippen LogP contribution in [0.2, 0.25) is 0 Å². The van der Waals surface area contributed by atoms with E-state index in [2.05, 4.69) is 22.1 Å². The fourth-order valence-corrected chi connectivity index (χ4v) is 1.69. The number of nitrogens with zero attached hydrogens (tertiary/aromatic N) is 2. The molecule has 0 aliphatic carbocycles. The first-order chi connectivity index (χ1) is 9.60. The molecule has 0 saturated carbocycles. The van der Waals surface area contributed by atoms with E-state index >= 15 is 0 Å². The first-order valence-corrected chi connectivity index (χ1v) is 6.10. The zero-order chi connectivity index (χ0) is 14.5. The lowest BCUT2D eigenvalue weighted by Crippen LogP contribution is -2.13. The second-order valence-electron chi connectivity index (χ2n) is 4.37. The third kappa shape index (κ3) is 3.25. The SMILES string of the molecule is Cc1ccc(C#CCO)cc1NC(=O)c1cn(C)cn1. The Balaban J connectivity index is 2.22. The van der Waals surface area contributed by atoms with Crippen molar-refractivity contribution in [1.82, 2.24) is 9.55 Å². The van der Waals surface area contributed by atoms with Crippen LogP contribution in [-0.4, -0.2) is 27.2 Å². The topological polar surface area (TPSA) is 67.2 Å². The number of benzene rings is 1. The van der Waals surface area contributed by atoms with Gasteiger partial charge in [0.2, 0.25) is 0 Å². The van der Waals surface area contributed by atoms with Crippen molar-refractivity contribution in [2.75, 3.05) is 11.9 Å². The molecule has 0 spiro atoms. The minimum Gasteiger partial charge on any atom is -0.384 e. The monoisotopic (exact) mass is 269 g/mol. The molecule has 102 valence electrons. The molecular weight excluding hydrogens is 254 g/mol. The van der Waals surface area contributed by atoms with Crippen molar-refractivity contribution in [3.8, 4) is 11.8 Å². The van der Waals surface area contributed by atoms with E-state index in [1.165, 1.54) is 0 Å². The van der Waals surface area contributed by atoms with Crippen LogP contribution in [0.5, 0.6) is 0 Å². The van der Waals surface area contributed by atoms with E-state index in [0.717, 1.165) is 11.1 Å². The lowest BCUT2D eigenvalue weighted by Gasteiger charge is -2.07. The van der Waals surface area contributed by atoms with Crippen LogP contribution in [0.1, 0.15) is 21.6 Å². The maximum atomic E-state index is 12.0. The molecule has 0 fully saturated rings. The molecule has 0 aliphatic heterocycles. The van der Waals surface area contributed by atoms with E-state index in [4.69, 9.17) is 5.11 Å². The highest BCUT2D eigenvalue weighted by atomic mass is 16.2. The van der Waals surface area contributed by atoms with Crippen molar-refractivity contribution in [2.45, 2.75) is 6.92 Å². The Kier molecular flexibility index (Phi) is 4.18. The average molecular weight is 269 g/mol. The molecule has 2 rings (SSSR count). The van der Waals surface area contributed by atoms with Crippen molar-refractivity contribution < 1.29 is 9.90 Å². The number of hydrogen-bond donors (Lipinski definition) is 2. The first kappa shape index (κ1) is 13.8. The highest BCUT2D eigenvalue weighted by Crippen LogP contribution is 2.17. The van der Waals surface area contributed by atoms with Gasteiger partial charge in [0.1, 0.15) is 12.3 Å². The third-order valence-corrected chi connectivity index (χ3v) is 2.74. The minimum absolute atomic E-state index is 0.191. The van der Waals surface area contributed by atoms with Gasteiger partial charge in [-0.25, -0.2) is 4.98 Å². The Hall–Kier alpha value is -2.58. The molecule has 5 heteroatoms. The summed E-state index contributed by atoms with van der Waals surface area (Å²) in [5.74, 6) is 5.12. The normalized spacial score (nSPS) is 9.75. The summed E-state index contributed by atoms with van der Waals surface area (Å²) in [7, 11) is 1.81. The Morgan fingerprint density at radius 2 is 2.30 bits per heavy atom. The molecule has 5 nitrogen and oxygen atoms in total. The van der Waals surface area contributed by atoms with Crippen LogP contribution in [0.25, 0.3) is 0 Å². The number of imidazole rings is 1. The van der Waals surface area contributed by atoms with Gasteiger partial charge in [0.15, 0.2) is 0 Å². The van der Waals surface area contributed by atoms with Gasteiger partial charge in [-0.05, 0) is 24.6 Å². The van der Waals surface area contributed by atoms with Gasteiger partial charge < -0.3 is 15.0 Å². The number of carbonyl (C=O) groups is 1. The second kappa shape index (κ2) is 6.04. The maximum Gasteiger partial charge on any atom is 0.275 e. The zero-order valence-electron chi connectivity index (χ0n) is 11.3. The molecule has 1 aromatic heterocycles. The minimum atomic E-state index is -0.263. The molecule has 2 N–H and O–H groups in total. The van der Waals surface area contributed by atoms with Crippen molar-refractivity contribution in [1.29, 1.82) is 0 Å². The molecule has 0 atom stereocenters. The highest BCUT2D eigenvalue weighted by molar-refractivity contribution is 6.03. The largest absolute Gasteiger partial charge is 0.384 e. The standard InChI is InChI=1S/C15H15N3O2/c1-11-5-6-12(4-3-7-19)8-13(11)17-15(20)14-9-18(2)10-16-14/h5-6,8-10,19H,7H2,1-2H3,(H,17,20). The smallest absolute Gasteiger partial charge is 0.275 e. The van der Waals surface area contributed by atoms with E-state index < -0.39 is 0 Å². The van der Waals surface area contributed by atoms with Crippen LogP contribution in [-0.2, 0) is 7.05 Å². The molecule has 0 unspecified atom stereocenters. The van der Waals surface area contributed by atoms with Crippen molar-refractivity contribution in [3.05, 3.63) is 47.5 Å². The van der Waals surface area contributed by atoms with Gasteiger partial charge >= 0.3 is 0 Å². The fourth-order valence-electron chi connectivity index (χ4n) is 1.69. The molecule has 0 radical (unpaired) electrons. The molecule has 0 saturated heterocycles. The summed E-state index contributed by atoms with van der Waals surface area (Å²) in [5.41, 5.74) is 2.72. The van der Waals surface area contributed by atoms with Gasteiger partial charge in [0.25, 0.3) is 5.91 Å². The lowest BCUT2D eigenvalue weighted by atomic mass is 10.1. The average Bonchev–Trinajstić information content (AvgIpc) is 2.86. The summed E-state index contributed by atoms with van der Waals surface area (Å²) in [6, 6.07) is 5.49. The molecule has 0 bridgehead atoms. The molecular formula is C15H15N3O2. The Morgan fingerprint density at radius 3 is 2.95 bits per heavy atom. The lowest BCUT2D eigenvalue weighted by molar-refractivity contribution is 0.102. The van der Waals surface area contributed by atoms with E-state index in [1.807, 2.05) is 19.1 Å². The Labute approximate surface area is 117 Å². The van der Waals surface area contributed by atoms with Gasteiger partial charge in [-0.15, -0.1) is 0 Å². The highest BCUT2D eigenvalue weighted by Gasteiger charge is 2.10. The van der Waals surface area contributed by atoms with Crippen LogP contribution >= 0.6 is 0 Å². The predicted octanol–water partition coefficient (Wildman–Crippen LogP) is 1.32. The van der Waals surface area contributed by atoms with E-state index in [1.54, 1.807) is 30.2 Å². The van der Waals surface area contributed by atoms with Crippen molar-refractivity contribution in [2.24, 2.45) is 7.05 Å². The number of nitrogens with one attached hydrogen (secondary N) is 1. The van der Waals surface area contributed by atoms with Gasteiger partial charge in [-0.2, -0.15) is 0 Å². The van der Waals surface area contributed by atoms with Crippen LogP contribution in [0.3, 0.4) is 0 Å². The van der Waals surface area contributed by atoms with Gasteiger partial charge in [0, 0.05) is 24.5 Å². The third-order valence-electron chi connectivity index (χ3n) is 2.74. The van der Waals surface area contributed by atoms with E-state index in [0.29, 0.717) is 11.4 Å². The number of aliphatic hydroxyl groups is 1. The Bertz CT molecular complexity index is 693. The van der Waals surface area contributed by atoms with Crippen LogP contribution in [0, 0.1) is 18.8 Å². The van der Waals surface area contributed by atoms with Crippen LogP contribution in [0.4, 0.5) is 5.69 Å². The number of rotatable bonds is 2. The summed E-state index contributed by atoms with van der Waals surface area (Å²) in [6.07, 6.45) is 3.23. The molecule has 20 heavy (non-hydrogen) atoms. The zero-order valence-corrected chi connectivity index (χ0v) is 11.3. The molecule has 1 heterocycles. The van der Waals surface area contributed by atoms with Gasteiger partial charge in [-0.3, -0.25) is 4.79 Å². The Morgan fingerprint density at radius 1 is 1.50 bits per heavy atom. The summed E-state index contributed by atoms with van der Waals surface area (Å²) in [4.78, 5) is 16.0. The summed E-state index contributed by atoms with van der Waals surface area (Å²) in [5, 5.41) is 11.5. The number of anilines is 1. The summed E-state index contributed by atoms with van der Waals surface area (Å²) in [6.45, 7) is 1.71. The number of aromatic nitrogens is 2. The van der Waals surface area contributed by atoms with Crippen molar-refractivity contribution >= 4 is 11.6 Å². The van der Waals surface area contributed by atoms with E-state index in [9.17, 15) is 4.79 Å². The molecule has 1 amide bonds. The number of aryl methyl sites for hydroxylation is 2. The van der Waals surface area contributed by atoms with Crippen LogP contribution < -0.4 is 5.32 Å². The molecule has 1 aromatic carbocycles. The number of aliphatic hydroxyl groups excluding tert-OH is 1. The quantitative estimate of drug-likeness (QED) is 0.808. The van der Waals surface area contributed by atoms with E-state index in [-0.39, 0.29) is 12.5 Å². The summed E-state index contributed by atoms with van der Waals surface area (Å²) >= 11 is 0. The predicted molar refractivity (Wildman–Crippen MR) is 76.3 cm³/mol. The second-order valence-corrected chi connectivity index (χ2v) is 4.37.